The fourth-order valence-electron chi connectivity index (χ4n) is 1.46. The van der Waals surface area contributed by atoms with Gasteiger partial charge in [-0.1, -0.05) is 23.3 Å². The maximum Gasteiger partial charge on any atom is 0.0218 e. The lowest BCUT2D eigenvalue weighted by molar-refractivity contribution is 0.897. The van der Waals surface area contributed by atoms with Crippen molar-refractivity contribution >= 4 is 11.6 Å². The monoisotopic (exact) mass is 140 g/mol. The van der Waals surface area contributed by atoms with Crippen molar-refractivity contribution in [2.75, 3.05) is 0 Å². The molecular formula is C8H9Cl. The third kappa shape index (κ3) is 0.734. The van der Waals surface area contributed by atoms with Gasteiger partial charge in [-0.25, -0.2) is 0 Å². The molecule has 2 aliphatic rings. The van der Waals surface area contributed by atoms with Crippen molar-refractivity contribution in [3.63, 3.8) is 0 Å². The summed E-state index contributed by atoms with van der Waals surface area (Å²) in [6.45, 7) is 2.19. The Kier molecular flexibility index (Phi) is 1.01. The molecule has 0 radical (unpaired) electrons. The SMILES string of the molecule is CC1=CC=C(Cl)C2C[C@H]12. The van der Waals surface area contributed by atoms with E-state index in [1.54, 1.807) is 0 Å². The quantitative estimate of drug-likeness (QED) is 0.486. The number of hydrogen-bond donors (Lipinski definition) is 0. The lowest BCUT2D eigenvalue weighted by Gasteiger charge is -2.03. The second-order valence-electron chi connectivity index (χ2n) is 2.91. The van der Waals surface area contributed by atoms with Crippen LogP contribution in [0.5, 0.6) is 0 Å². The maximum absolute atomic E-state index is 5.89. The lowest BCUT2D eigenvalue weighted by atomic mass is 10.1. The van der Waals surface area contributed by atoms with E-state index in [1.165, 1.54) is 12.0 Å². The summed E-state index contributed by atoms with van der Waals surface area (Å²) >= 11 is 5.89. The Bertz CT molecular complexity index is 179. The molecule has 0 aromatic heterocycles. The molecule has 0 nitrogen and oxygen atoms in total. The van der Waals surface area contributed by atoms with Crippen LogP contribution in [-0.4, -0.2) is 0 Å². The predicted octanol–water partition coefficient (Wildman–Crippen LogP) is 2.71. The first-order valence-electron chi connectivity index (χ1n) is 3.33. The molecule has 2 atom stereocenters. The molecule has 0 saturated heterocycles. The van der Waals surface area contributed by atoms with Crippen LogP contribution in [0.25, 0.3) is 0 Å². The van der Waals surface area contributed by atoms with Gasteiger partial charge in [-0.15, -0.1) is 0 Å². The molecule has 1 saturated carbocycles. The summed E-state index contributed by atoms with van der Waals surface area (Å²) in [7, 11) is 0. The maximum atomic E-state index is 5.89. The summed E-state index contributed by atoms with van der Waals surface area (Å²) in [6.07, 6.45) is 5.46. The smallest absolute Gasteiger partial charge is 0.0218 e. The highest BCUT2D eigenvalue weighted by molar-refractivity contribution is 6.30. The number of allylic oxidation sites excluding steroid dienone is 4. The fraction of sp³-hybridized carbons (Fsp3) is 0.500. The van der Waals surface area contributed by atoms with E-state index in [9.17, 15) is 0 Å². The molecule has 0 aromatic carbocycles. The zero-order valence-corrected chi connectivity index (χ0v) is 6.15. The van der Waals surface area contributed by atoms with Crippen molar-refractivity contribution in [1.29, 1.82) is 0 Å². The molecule has 1 heteroatoms. The average molecular weight is 141 g/mol. The molecule has 0 spiro atoms. The Labute approximate surface area is 60.2 Å². The van der Waals surface area contributed by atoms with Gasteiger partial charge < -0.3 is 0 Å². The normalized spacial score (nSPS) is 38.9. The Hall–Kier alpha value is -0.230. The molecule has 0 aliphatic heterocycles. The minimum atomic E-state index is 0.705. The van der Waals surface area contributed by atoms with Crippen LogP contribution in [0.15, 0.2) is 22.8 Å². The summed E-state index contributed by atoms with van der Waals surface area (Å²) in [6, 6.07) is 0. The van der Waals surface area contributed by atoms with E-state index >= 15 is 0 Å². The van der Waals surface area contributed by atoms with Crippen LogP contribution in [0.3, 0.4) is 0 Å². The standard InChI is InChI=1S/C8H9Cl/c1-5-2-3-8(9)7-4-6(5)7/h2-3,6-7H,4H2,1H3/t6-,7?/m1/s1. The van der Waals surface area contributed by atoms with E-state index < -0.39 is 0 Å². The van der Waals surface area contributed by atoms with Crippen LogP contribution in [-0.2, 0) is 0 Å². The van der Waals surface area contributed by atoms with Crippen LogP contribution in [0.1, 0.15) is 13.3 Å². The van der Waals surface area contributed by atoms with E-state index in [0.717, 1.165) is 11.0 Å². The average Bonchev–Trinajstić information content (AvgIpc) is 2.57. The van der Waals surface area contributed by atoms with Crippen LogP contribution < -0.4 is 0 Å². The van der Waals surface area contributed by atoms with Crippen LogP contribution in [0.2, 0.25) is 0 Å². The Morgan fingerprint density at radius 1 is 1.44 bits per heavy atom. The molecule has 1 fully saturated rings. The third-order valence-corrected chi connectivity index (χ3v) is 2.64. The summed E-state index contributed by atoms with van der Waals surface area (Å²) in [5.41, 5.74) is 1.50. The zero-order chi connectivity index (χ0) is 6.43. The van der Waals surface area contributed by atoms with Crippen molar-refractivity contribution in [3.05, 3.63) is 22.8 Å². The minimum Gasteiger partial charge on any atom is -0.0888 e. The van der Waals surface area contributed by atoms with Gasteiger partial charge >= 0.3 is 0 Å². The summed E-state index contributed by atoms with van der Waals surface area (Å²) in [5, 5.41) is 1.06. The summed E-state index contributed by atoms with van der Waals surface area (Å²) in [4.78, 5) is 0. The number of hydrogen-bond acceptors (Lipinski definition) is 0. The van der Waals surface area contributed by atoms with Gasteiger partial charge in [0.1, 0.15) is 0 Å². The molecule has 0 N–H and O–H groups in total. The summed E-state index contributed by atoms with van der Waals surface area (Å²) < 4.78 is 0. The van der Waals surface area contributed by atoms with Gasteiger partial charge in [0.15, 0.2) is 0 Å². The van der Waals surface area contributed by atoms with Gasteiger partial charge in [-0.3, -0.25) is 0 Å². The molecule has 0 heterocycles. The molecule has 0 amide bonds. The molecule has 48 valence electrons. The van der Waals surface area contributed by atoms with Crippen molar-refractivity contribution in [2.45, 2.75) is 13.3 Å². The number of halogens is 1. The molecule has 0 bridgehead atoms. The first kappa shape index (κ1) is 5.55. The lowest BCUT2D eigenvalue weighted by Crippen LogP contribution is -1.89. The largest absolute Gasteiger partial charge is 0.0888 e. The van der Waals surface area contributed by atoms with Crippen LogP contribution in [0, 0.1) is 11.8 Å². The highest BCUT2D eigenvalue weighted by Crippen LogP contribution is 2.52. The highest BCUT2D eigenvalue weighted by atomic mass is 35.5. The van der Waals surface area contributed by atoms with E-state index in [0.29, 0.717) is 5.92 Å². The number of rotatable bonds is 0. The van der Waals surface area contributed by atoms with Gasteiger partial charge in [0, 0.05) is 11.0 Å². The van der Waals surface area contributed by atoms with E-state index in [-0.39, 0.29) is 0 Å². The molecule has 0 aromatic rings. The second kappa shape index (κ2) is 1.63. The predicted molar refractivity (Wildman–Crippen MR) is 39.3 cm³/mol. The molecule has 9 heavy (non-hydrogen) atoms. The van der Waals surface area contributed by atoms with Crippen molar-refractivity contribution < 1.29 is 0 Å². The Morgan fingerprint density at radius 3 is 2.89 bits per heavy atom. The van der Waals surface area contributed by atoms with Crippen LogP contribution in [0.4, 0.5) is 0 Å². The Morgan fingerprint density at radius 2 is 2.22 bits per heavy atom. The van der Waals surface area contributed by atoms with Gasteiger partial charge in [-0.2, -0.15) is 0 Å². The fourth-order valence-corrected chi connectivity index (χ4v) is 1.77. The molecule has 2 aliphatic carbocycles. The highest BCUT2D eigenvalue weighted by Gasteiger charge is 2.41. The van der Waals surface area contributed by atoms with E-state index in [2.05, 4.69) is 13.0 Å². The van der Waals surface area contributed by atoms with Crippen molar-refractivity contribution in [3.8, 4) is 0 Å². The van der Waals surface area contributed by atoms with Gasteiger partial charge in [-0.05, 0) is 25.3 Å². The van der Waals surface area contributed by atoms with Gasteiger partial charge in [0.2, 0.25) is 0 Å². The van der Waals surface area contributed by atoms with E-state index in [1.807, 2.05) is 6.08 Å². The van der Waals surface area contributed by atoms with Gasteiger partial charge in [0.05, 0.1) is 0 Å². The third-order valence-electron chi connectivity index (χ3n) is 2.23. The van der Waals surface area contributed by atoms with Crippen molar-refractivity contribution in [2.24, 2.45) is 11.8 Å². The topological polar surface area (TPSA) is 0 Å². The van der Waals surface area contributed by atoms with Crippen molar-refractivity contribution in [1.82, 2.24) is 0 Å². The first-order valence-corrected chi connectivity index (χ1v) is 3.70. The molecular weight excluding hydrogens is 132 g/mol. The second-order valence-corrected chi connectivity index (χ2v) is 3.35. The van der Waals surface area contributed by atoms with E-state index in [4.69, 9.17) is 11.6 Å². The zero-order valence-electron chi connectivity index (χ0n) is 5.39. The Balaban J connectivity index is 2.33. The first-order chi connectivity index (χ1) is 4.29. The minimum absolute atomic E-state index is 0.705. The molecule has 1 unspecified atom stereocenters. The molecule has 2 rings (SSSR count). The number of fused-ring (bicyclic) bond motifs is 1. The van der Waals surface area contributed by atoms with Gasteiger partial charge in [0.25, 0.3) is 0 Å². The summed E-state index contributed by atoms with van der Waals surface area (Å²) in [5.74, 6) is 1.51. The van der Waals surface area contributed by atoms with Crippen LogP contribution >= 0.6 is 11.6 Å².